The predicted octanol–water partition coefficient (Wildman–Crippen LogP) is 4.93. The van der Waals surface area contributed by atoms with Gasteiger partial charge < -0.3 is 4.74 Å². The van der Waals surface area contributed by atoms with Gasteiger partial charge >= 0.3 is 0 Å². The van der Waals surface area contributed by atoms with Crippen molar-refractivity contribution in [1.29, 1.82) is 0 Å². The number of thiazole rings is 1. The number of aryl methyl sites for hydroxylation is 2. The standard InChI is InChI=1S/C19H15BrN2O2S/c1-24-12-7-8-13-11(10-12)6-9-16-17(13)21-19(25-16)22-18(23)14-4-2-3-5-15(14)20/h2-5,7-8,10H,6,9H2,1H3,(H,21,22,23). The molecule has 126 valence electrons. The molecule has 2 aromatic carbocycles. The molecule has 1 heterocycles. The van der Waals surface area contributed by atoms with Crippen LogP contribution in [0.2, 0.25) is 0 Å². The first-order chi connectivity index (χ1) is 12.2. The molecule has 0 saturated heterocycles. The maximum Gasteiger partial charge on any atom is 0.258 e. The highest BCUT2D eigenvalue weighted by atomic mass is 79.9. The molecular weight excluding hydrogens is 400 g/mol. The summed E-state index contributed by atoms with van der Waals surface area (Å²) >= 11 is 4.96. The monoisotopic (exact) mass is 414 g/mol. The second-order valence-electron chi connectivity index (χ2n) is 5.75. The van der Waals surface area contributed by atoms with E-state index in [1.807, 2.05) is 30.3 Å². The summed E-state index contributed by atoms with van der Waals surface area (Å²) in [6.45, 7) is 0. The first kappa shape index (κ1) is 16.3. The second kappa shape index (κ2) is 6.61. The Kier molecular flexibility index (Phi) is 4.31. The van der Waals surface area contributed by atoms with Gasteiger partial charge in [0.05, 0.1) is 18.4 Å². The average Bonchev–Trinajstić information content (AvgIpc) is 3.04. The molecule has 0 spiro atoms. The Morgan fingerprint density at radius 2 is 2.08 bits per heavy atom. The summed E-state index contributed by atoms with van der Waals surface area (Å²) in [5.41, 5.74) is 3.93. The normalized spacial score (nSPS) is 12.2. The van der Waals surface area contributed by atoms with Gasteiger partial charge in [-0.1, -0.05) is 12.1 Å². The Morgan fingerprint density at radius 3 is 2.88 bits per heavy atom. The third-order valence-corrected chi connectivity index (χ3v) is 5.95. The van der Waals surface area contributed by atoms with Crippen LogP contribution in [0.15, 0.2) is 46.9 Å². The fourth-order valence-corrected chi connectivity index (χ4v) is 4.41. The number of nitrogens with zero attached hydrogens (tertiary/aromatic N) is 1. The molecule has 1 aliphatic rings. The van der Waals surface area contributed by atoms with Gasteiger partial charge in [0.25, 0.3) is 5.91 Å². The van der Waals surface area contributed by atoms with Crippen LogP contribution < -0.4 is 10.1 Å². The zero-order chi connectivity index (χ0) is 17.4. The van der Waals surface area contributed by atoms with E-state index in [1.54, 1.807) is 24.5 Å². The summed E-state index contributed by atoms with van der Waals surface area (Å²) in [7, 11) is 1.67. The van der Waals surface area contributed by atoms with Crippen LogP contribution in [0.3, 0.4) is 0 Å². The zero-order valence-corrected chi connectivity index (χ0v) is 15.9. The summed E-state index contributed by atoms with van der Waals surface area (Å²) in [5.74, 6) is 0.702. The van der Waals surface area contributed by atoms with Crippen LogP contribution in [0.1, 0.15) is 20.8 Å². The smallest absolute Gasteiger partial charge is 0.258 e. The van der Waals surface area contributed by atoms with Crippen molar-refractivity contribution in [1.82, 2.24) is 4.98 Å². The number of anilines is 1. The van der Waals surface area contributed by atoms with Gasteiger partial charge in [0.1, 0.15) is 5.75 Å². The fraction of sp³-hybridized carbons (Fsp3) is 0.158. The van der Waals surface area contributed by atoms with E-state index in [0.717, 1.165) is 34.3 Å². The van der Waals surface area contributed by atoms with Crippen molar-refractivity contribution in [2.75, 3.05) is 12.4 Å². The molecule has 1 aliphatic carbocycles. The summed E-state index contributed by atoms with van der Waals surface area (Å²) < 4.78 is 6.08. The fourth-order valence-electron chi connectivity index (χ4n) is 2.98. The Balaban J connectivity index is 1.63. The SMILES string of the molecule is COc1ccc2c(c1)CCc1sc(NC(=O)c3ccccc3Br)nc1-2. The quantitative estimate of drug-likeness (QED) is 0.660. The van der Waals surface area contributed by atoms with Crippen LogP contribution >= 0.6 is 27.3 Å². The first-order valence-corrected chi connectivity index (χ1v) is 9.49. The molecule has 0 saturated carbocycles. The minimum atomic E-state index is -0.159. The van der Waals surface area contributed by atoms with Crippen molar-refractivity contribution in [3.63, 3.8) is 0 Å². The van der Waals surface area contributed by atoms with Crippen molar-refractivity contribution in [3.05, 3.63) is 62.9 Å². The van der Waals surface area contributed by atoms with E-state index in [2.05, 4.69) is 32.3 Å². The lowest BCUT2D eigenvalue weighted by atomic mass is 9.93. The molecule has 4 rings (SSSR count). The number of nitrogens with one attached hydrogen (secondary N) is 1. The first-order valence-electron chi connectivity index (χ1n) is 7.88. The summed E-state index contributed by atoms with van der Waals surface area (Å²) in [5, 5.41) is 3.56. The number of amides is 1. The topological polar surface area (TPSA) is 51.2 Å². The summed E-state index contributed by atoms with van der Waals surface area (Å²) in [4.78, 5) is 18.4. The number of fused-ring (bicyclic) bond motifs is 3. The number of ether oxygens (including phenoxy) is 1. The van der Waals surface area contributed by atoms with E-state index in [4.69, 9.17) is 4.74 Å². The van der Waals surface area contributed by atoms with Gasteiger partial charge in [-0.2, -0.15) is 0 Å². The third kappa shape index (κ3) is 3.07. The van der Waals surface area contributed by atoms with Gasteiger partial charge in [0.2, 0.25) is 0 Å². The molecule has 1 aromatic heterocycles. The molecule has 0 radical (unpaired) electrons. The van der Waals surface area contributed by atoms with Crippen molar-refractivity contribution in [3.8, 4) is 17.0 Å². The second-order valence-corrected chi connectivity index (χ2v) is 7.69. The average molecular weight is 415 g/mol. The largest absolute Gasteiger partial charge is 0.497 e. The molecule has 1 N–H and O–H groups in total. The van der Waals surface area contributed by atoms with Gasteiger partial charge in [0.15, 0.2) is 5.13 Å². The zero-order valence-electron chi connectivity index (χ0n) is 13.5. The molecule has 0 atom stereocenters. The molecule has 1 amide bonds. The van der Waals surface area contributed by atoms with E-state index >= 15 is 0 Å². The number of methoxy groups -OCH3 is 1. The summed E-state index contributed by atoms with van der Waals surface area (Å²) in [6.07, 6.45) is 1.89. The highest BCUT2D eigenvalue weighted by Gasteiger charge is 2.22. The van der Waals surface area contributed by atoms with Crippen molar-refractivity contribution in [2.24, 2.45) is 0 Å². The maximum absolute atomic E-state index is 12.5. The number of rotatable bonds is 3. The van der Waals surface area contributed by atoms with Crippen molar-refractivity contribution < 1.29 is 9.53 Å². The van der Waals surface area contributed by atoms with Crippen LogP contribution in [0.5, 0.6) is 5.75 Å². The molecule has 0 unspecified atom stereocenters. The third-order valence-electron chi connectivity index (χ3n) is 4.23. The number of hydrogen-bond acceptors (Lipinski definition) is 4. The van der Waals surface area contributed by atoms with Gasteiger partial charge in [-0.05, 0) is 64.7 Å². The number of carbonyl (C=O) groups is 1. The number of carbonyl (C=O) groups excluding carboxylic acids is 1. The van der Waals surface area contributed by atoms with Crippen LogP contribution in [0, 0.1) is 0 Å². The Morgan fingerprint density at radius 1 is 1.24 bits per heavy atom. The predicted molar refractivity (Wildman–Crippen MR) is 104 cm³/mol. The molecule has 25 heavy (non-hydrogen) atoms. The van der Waals surface area contributed by atoms with E-state index in [-0.39, 0.29) is 5.91 Å². The van der Waals surface area contributed by atoms with E-state index in [9.17, 15) is 4.79 Å². The maximum atomic E-state index is 12.5. The molecule has 6 heteroatoms. The van der Waals surface area contributed by atoms with Gasteiger partial charge in [-0.15, -0.1) is 11.3 Å². The Bertz CT molecular complexity index is 968. The van der Waals surface area contributed by atoms with Crippen LogP contribution in [-0.2, 0) is 12.8 Å². The number of benzene rings is 2. The molecule has 3 aromatic rings. The van der Waals surface area contributed by atoms with Crippen molar-refractivity contribution >= 4 is 38.3 Å². The number of aromatic nitrogens is 1. The highest BCUT2D eigenvalue weighted by Crippen LogP contribution is 2.39. The van der Waals surface area contributed by atoms with Gasteiger partial charge in [0, 0.05) is 14.9 Å². The highest BCUT2D eigenvalue weighted by molar-refractivity contribution is 9.10. The lowest BCUT2D eigenvalue weighted by Crippen LogP contribution is -2.12. The van der Waals surface area contributed by atoms with E-state index in [0.29, 0.717) is 10.7 Å². The molecule has 0 aliphatic heterocycles. The van der Waals surface area contributed by atoms with Crippen LogP contribution in [0.4, 0.5) is 5.13 Å². The minimum absolute atomic E-state index is 0.159. The number of halogens is 1. The molecule has 4 nitrogen and oxygen atoms in total. The van der Waals surface area contributed by atoms with Crippen molar-refractivity contribution in [2.45, 2.75) is 12.8 Å². The molecular formula is C19H15BrN2O2S. The molecule has 0 bridgehead atoms. The Labute approximate surface area is 158 Å². The van der Waals surface area contributed by atoms with E-state index in [1.165, 1.54) is 10.4 Å². The minimum Gasteiger partial charge on any atom is -0.497 e. The van der Waals surface area contributed by atoms with Crippen LogP contribution in [0.25, 0.3) is 11.3 Å². The van der Waals surface area contributed by atoms with E-state index < -0.39 is 0 Å². The molecule has 0 fully saturated rings. The lowest BCUT2D eigenvalue weighted by Gasteiger charge is -2.15. The summed E-state index contributed by atoms with van der Waals surface area (Å²) in [6, 6.07) is 13.4. The lowest BCUT2D eigenvalue weighted by molar-refractivity contribution is 0.102. The van der Waals surface area contributed by atoms with Gasteiger partial charge in [-0.25, -0.2) is 4.98 Å². The van der Waals surface area contributed by atoms with Gasteiger partial charge in [-0.3, -0.25) is 10.1 Å². The van der Waals surface area contributed by atoms with Crippen LogP contribution in [-0.4, -0.2) is 18.0 Å². The number of hydrogen-bond donors (Lipinski definition) is 1. The Hall–Kier alpha value is -2.18.